The molecule has 0 amide bonds. The van der Waals surface area contributed by atoms with Crippen molar-refractivity contribution in [1.82, 2.24) is 4.90 Å². The second kappa shape index (κ2) is 7.04. The van der Waals surface area contributed by atoms with Gasteiger partial charge in [-0.3, -0.25) is 4.90 Å². The second-order valence-corrected chi connectivity index (χ2v) is 8.86. The highest BCUT2D eigenvalue weighted by Gasteiger charge is 2.38. The average molecular weight is 290 g/mol. The summed E-state index contributed by atoms with van der Waals surface area (Å²) in [5.41, 5.74) is 6.05. The van der Waals surface area contributed by atoms with Gasteiger partial charge in [0.05, 0.1) is 11.5 Å². The molecular formula is C14H30N2O2S. The average Bonchev–Trinajstić information content (AvgIpc) is 2.51. The molecule has 1 saturated heterocycles. The maximum atomic E-state index is 11.7. The van der Waals surface area contributed by atoms with Crippen LogP contribution in [0.4, 0.5) is 0 Å². The van der Waals surface area contributed by atoms with Gasteiger partial charge >= 0.3 is 0 Å². The summed E-state index contributed by atoms with van der Waals surface area (Å²) in [5.74, 6) is 1.66. The molecule has 0 aromatic carbocycles. The number of nitrogens with two attached hydrogens (primary N) is 1. The summed E-state index contributed by atoms with van der Waals surface area (Å²) in [7, 11) is -2.93. The fourth-order valence-electron chi connectivity index (χ4n) is 2.52. The molecule has 19 heavy (non-hydrogen) atoms. The molecule has 1 rings (SSSR count). The second-order valence-electron chi connectivity index (χ2n) is 6.71. The van der Waals surface area contributed by atoms with Crippen LogP contribution in [0.3, 0.4) is 0 Å². The Morgan fingerprint density at radius 3 is 1.84 bits per heavy atom. The van der Waals surface area contributed by atoms with E-state index in [0.717, 1.165) is 25.9 Å². The van der Waals surface area contributed by atoms with Crippen molar-refractivity contribution in [2.24, 2.45) is 17.6 Å². The zero-order valence-corrected chi connectivity index (χ0v) is 13.6. The molecule has 0 spiro atoms. The van der Waals surface area contributed by atoms with Crippen LogP contribution in [0, 0.1) is 11.8 Å². The third-order valence-corrected chi connectivity index (χ3v) is 5.56. The smallest absolute Gasteiger partial charge is 0.153 e. The third kappa shape index (κ3) is 5.79. The normalized spacial score (nSPS) is 26.7. The summed E-state index contributed by atoms with van der Waals surface area (Å²) in [6, 6.07) is -0.202. The Bertz CT molecular complexity index is 354. The van der Waals surface area contributed by atoms with Gasteiger partial charge in [-0.2, -0.15) is 0 Å². The van der Waals surface area contributed by atoms with Crippen molar-refractivity contribution >= 4 is 9.84 Å². The minimum Gasteiger partial charge on any atom is -0.325 e. The molecule has 0 radical (unpaired) electrons. The lowest BCUT2D eigenvalue weighted by Gasteiger charge is -2.31. The van der Waals surface area contributed by atoms with Gasteiger partial charge in [0.1, 0.15) is 0 Å². The van der Waals surface area contributed by atoms with Crippen LogP contribution in [0.15, 0.2) is 0 Å². The SMILES string of the molecule is CC(C)CCN(CCC(C)C)C1CS(=O)(=O)CC1N. The van der Waals surface area contributed by atoms with E-state index in [2.05, 4.69) is 32.6 Å². The summed E-state index contributed by atoms with van der Waals surface area (Å²) in [4.78, 5) is 2.31. The Morgan fingerprint density at radius 1 is 1.05 bits per heavy atom. The van der Waals surface area contributed by atoms with Gasteiger partial charge in [-0.1, -0.05) is 27.7 Å². The highest BCUT2D eigenvalue weighted by Crippen LogP contribution is 2.19. The molecule has 0 bridgehead atoms. The van der Waals surface area contributed by atoms with Crippen molar-refractivity contribution in [3.63, 3.8) is 0 Å². The zero-order valence-electron chi connectivity index (χ0n) is 12.8. The van der Waals surface area contributed by atoms with Crippen molar-refractivity contribution in [3.8, 4) is 0 Å². The Morgan fingerprint density at radius 2 is 1.53 bits per heavy atom. The van der Waals surface area contributed by atoms with Crippen LogP contribution < -0.4 is 5.73 Å². The van der Waals surface area contributed by atoms with Crippen LogP contribution >= 0.6 is 0 Å². The highest BCUT2D eigenvalue weighted by atomic mass is 32.2. The number of rotatable bonds is 7. The summed E-state index contributed by atoms with van der Waals surface area (Å²) in [6.45, 7) is 10.7. The molecule has 1 aliphatic rings. The molecule has 1 fully saturated rings. The fourth-order valence-corrected chi connectivity index (χ4v) is 4.45. The third-order valence-electron chi connectivity index (χ3n) is 3.82. The van der Waals surface area contributed by atoms with Gasteiger partial charge in [0.15, 0.2) is 9.84 Å². The Balaban J connectivity index is 2.66. The van der Waals surface area contributed by atoms with E-state index >= 15 is 0 Å². The van der Waals surface area contributed by atoms with Gasteiger partial charge in [-0.15, -0.1) is 0 Å². The van der Waals surface area contributed by atoms with E-state index in [0.29, 0.717) is 11.8 Å². The topological polar surface area (TPSA) is 63.4 Å². The summed E-state index contributed by atoms with van der Waals surface area (Å²) in [5, 5.41) is 0. The number of hydrogen-bond donors (Lipinski definition) is 1. The molecule has 4 nitrogen and oxygen atoms in total. The van der Waals surface area contributed by atoms with Crippen LogP contribution in [0.2, 0.25) is 0 Å². The molecule has 1 heterocycles. The van der Waals surface area contributed by atoms with E-state index in [1.807, 2.05) is 0 Å². The molecule has 0 aliphatic carbocycles. The molecule has 0 saturated carbocycles. The Kier molecular flexibility index (Phi) is 6.27. The number of hydrogen-bond acceptors (Lipinski definition) is 4. The fraction of sp³-hybridized carbons (Fsp3) is 1.00. The van der Waals surface area contributed by atoms with E-state index in [-0.39, 0.29) is 23.6 Å². The molecule has 2 unspecified atom stereocenters. The van der Waals surface area contributed by atoms with Crippen LogP contribution in [0.25, 0.3) is 0 Å². The number of sulfone groups is 1. The van der Waals surface area contributed by atoms with Gasteiger partial charge in [0.25, 0.3) is 0 Å². The Hall–Kier alpha value is -0.130. The van der Waals surface area contributed by atoms with Gasteiger partial charge in [0, 0.05) is 12.1 Å². The maximum Gasteiger partial charge on any atom is 0.153 e. The maximum absolute atomic E-state index is 11.7. The first kappa shape index (κ1) is 16.9. The molecule has 5 heteroatoms. The van der Waals surface area contributed by atoms with E-state index in [9.17, 15) is 8.42 Å². The first-order chi connectivity index (χ1) is 8.71. The molecule has 114 valence electrons. The first-order valence-corrected chi connectivity index (χ1v) is 9.23. The van der Waals surface area contributed by atoms with Crippen molar-refractivity contribution in [3.05, 3.63) is 0 Å². The van der Waals surface area contributed by atoms with Crippen molar-refractivity contribution in [2.45, 2.75) is 52.6 Å². The standard InChI is InChI=1S/C14H30N2O2S/c1-11(2)5-7-16(8-6-12(3)4)14-10-19(17,18)9-13(14)15/h11-14H,5-10,15H2,1-4H3. The Labute approximate surface area is 118 Å². The molecule has 1 aliphatic heterocycles. The lowest BCUT2D eigenvalue weighted by Crippen LogP contribution is -2.48. The molecule has 0 aromatic rings. The van der Waals surface area contributed by atoms with Crippen LogP contribution in [-0.4, -0.2) is 50.0 Å². The highest BCUT2D eigenvalue weighted by molar-refractivity contribution is 7.91. The minimum atomic E-state index is -2.93. The van der Waals surface area contributed by atoms with Crippen LogP contribution in [0.1, 0.15) is 40.5 Å². The van der Waals surface area contributed by atoms with Gasteiger partial charge < -0.3 is 5.73 Å². The van der Waals surface area contributed by atoms with E-state index in [4.69, 9.17) is 5.73 Å². The predicted octanol–water partition coefficient (Wildman–Crippen LogP) is 1.50. The van der Waals surface area contributed by atoms with Gasteiger partial charge in [0.2, 0.25) is 0 Å². The largest absolute Gasteiger partial charge is 0.325 e. The van der Waals surface area contributed by atoms with E-state index in [1.54, 1.807) is 0 Å². The first-order valence-electron chi connectivity index (χ1n) is 7.41. The number of nitrogens with zero attached hydrogens (tertiary/aromatic N) is 1. The zero-order chi connectivity index (χ0) is 14.6. The molecule has 2 N–H and O–H groups in total. The predicted molar refractivity (Wildman–Crippen MR) is 80.9 cm³/mol. The minimum absolute atomic E-state index is 0.0162. The lowest BCUT2D eigenvalue weighted by atomic mass is 10.0. The van der Waals surface area contributed by atoms with Gasteiger partial charge in [-0.05, 0) is 37.8 Å². The van der Waals surface area contributed by atoms with Crippen molar-refractivity contribution < 1.29 is 8.42 Å². The van der Waals surface area contributed by atoms with E-state index in [1.165, 1.54) is 0 Å². The van der Waals surface area contributed by atoms with Gasteiger partial charge in [-0.25, -0.2) is 8.42 Å². The monoisotopic (exact) mass is 290 g/mol. The van der Waals surface area contributed by atoms with E-state index < -0.39 is 9.84 Å². The molecular weight excluding hydrogens is 260 g/mol. The van der Waals surface area contributed by atoms with Crippen molar-refractivity contribution in [1.29, 1.82) is 0 Å². The summed E-state index contributed by atoms with van der Waals surface area (Å²) < 4.78 is 23.5. The van der Waals surface area contributed by atoms with Crippen LogP contribution in [-0.2, 0) is 9.84 Å². The molecule has 0 aromatic heterocycles. The van der Waals surface area contributed by atoms with Crippen LogP contribution in [0.5, 0.6) is 0 Å². The summed E-state index contributed by atoms with van der Waals surface area (Å²) >= 11 is 0. The lowest BCUT2D eigenvalue weighted by molar-refractivity contribution is 0.179. The molecule has 2 atom stereocenters. The van der Waals surface area contributed by atoms with Crippen molar-refractivity contribution in [2.75, 3.05) is 24.6 Å². The summed E-state index contributed by atoms with van der Waals surface area (Å²) in [6.07, 6.45) is 2.20. The quantitative estimate of drug-likeness (QED) is 0.772.